The molecule has 0 amide bonds. The zero-order valence-corrected chi connectivity index (χ0v) is 13.4. The van der Waals surface area contributed by atoms with Gasteiger partial charge in [-0.2, -0.15) is 5.26 Å². The molecular formula is C18H18N4O2. The van der Waals surface area contributed by atoms with Gasteiger partial charge >= 0.3 is 0 Å². The van der Waals surface area contributed by atoms with Crippen molar-refractivity contribution < 1.29 is 9.53 Å². The Hall–Kier alpha value is -3.07. The van der Waals surface area contributed by atoms with Crippen LogP contribution in [0.5, 0.6) is 5.88 Å². The van der Waals surface area contributed by atoms with E-state index in [1.165, 1.54) is 4.90 Å². The molecule has 0 bridgehead atoms. The Morgan fingerprint density at radius 1 is 1.38 bits per heavy atom. The molecule has 0 saturated carbocycles. The predicted molar refractivity (Wildman–Crippen MR) is 90.4 cm³/mol. The maximum Gasteiger partial charge on any atom is 0.238 e. The van der Waals surface area contributed by atoms with Crippen LogP contribution in [0.2, 0.25) is 0 Å². The minimum Gasteiger partial charge on any atom is -0.460 e. The molecule has 2 aromatic rings. The molecule has 6 heteroatoms. The first-order valence-electron chi connectivity index (χ1n) is 7.73. The van der Waals surface area contributed by atoms with Crippen molar-refractivity contribution >= 4 is 12.0 Å². The van der Waals surface area contributed by atoms with Crippen LogP contribution in [0.25, 0.3) is 11.1 Å². The zero-order chi connectivity index (χ0) is 17.0. The van der Waals surface area contributed by atoms with E-state index in [1.807, 2.05) is 36.4 Å². The molecule has 1 aromatic carbocycles. The molecule has 1 aliphatic heterocycles. The molecule has 1 atom stereocenters. The first-order valence-corrected chi connectivity index (χ1v) is 7.73. The summed E-state index contributed by atoms with van der Waals surface area (Å²) in [6, 6.07) is 11.8. The average Bonchev–Trinajstić information content (AvgIpc) is 3.06. The number of hydrogen-bond donors (Lipinski definition) is 1. The number of carbonyl (C=O) groups excluding carboxylic acids is 1. The summed E-state index contributed by atoms with van der Waals surface area (Å²) in [5.74, 6) is 0.365. The van der Waals surface area contributed by atoms with Gasteiger partial charge in [0, 0.05) is 31.8 Å². The van der Waals surface area contributed by atoms with Crippen molar-refractivity contribution in [2.45, 2.75) is 12.0 Å². The third kappa shape index (κ3) is 3.01. The highest BCUT2D eigenvalue weighted by Gasteiger charge is 2.41. The Labute approximate surface area is 140 Å². The number of nitriles is 1. The Balaban J connectivity index is 1.89. The summed E-state index contributed by atoms with van der Waals surface area (Å²) in [5.41, 5.74) is 1.68. The molecule has 24 heavy (non-hydrogen) atoms. The summed E-state index contributed by atoms with van der Waals surface area (Å²) in [5, 5.41) is 12.1. The summed E-state index contributed by atoms with van der Waals surface area (Å²) in [6.07, 6.45) is 5.02. The Morgan fingerprint density at radius 2 is 2.17 bits per heavy atom. The van der Waals surface area contributed by atoms with Crippen LogP contribution in [0, 0.1) is 11.5 Å². The van der Waals surface area contributed by atoms with Gasteiger partial charge in [-0.15, -0.1) is 0 Å². The van der Waals surface area contributed by atoms with Gasteiger partial charge < -0.3 is 15.0 Å². The molecule has 6 nitrogen and oxygen atoms in total. The molecule has 1 aliphatic rings. The van der Waals surface area contributed by atoms with E-state index in [9.17, 15) is 4.79 Å². The molecule has 0 spiro atoms. The van der Waals surface area contributed by atoms with Crippen molar-refractivity contribution in [1.82, 2.24) is 9.88 Å². The van der Waals surface area contributed by atoms with E-state index in [2.05, 4.69) is 16.5 Å². The summed E-state index contributed by atoms with van der Waals surface area (Å²) < 4.78 is 5.92. The number of likely N-dealkylation sites (tertiary alicyclic amines) is 1. The van der Waals surface area contributed by atoms with E-state index in [0.29, 0.717) is 24.5 Å². The molecule has 3 rings (SSSR count). The third-order valence-corrected chi connectivity index (χ3v) is 4.15. The Morgan fingerprint density at radius 3 is 2.79 bits per heavy atom. The van der Waals surface area contributed by atoms with Gasteiger partial charge in [-0.05, 0) is 11.6 Å². The standard InChI is InChI=1S/C18H18N4O2/c1-20-16-9-15(14-5-3-2-4-6-14)10-21-17(16)24-18(12-23)7-8-22(11-18)13-19/h2-6,9-10,12,20H,7-8,11H2,1H3/t18-/m0/s1. The zero-order valence-electron chi connectivity index (χ0n) is 13.4. The lowest BCUT2D eigenvalue weighted by atomic mass is 10.1. The van der Waals surface area contributed by atoms with Crippen molar-refractivity contribution in [3.8, 4) is 23.2 Å². The second-order valence-electron chi connectivity index (χ2n) is 5.75. The second-order valence-corrected chi connectivity index (χ2v) is 5.75. The van der Waals surface area contributed by atoms with Crippen molar-refractivity contribution in [3.63, 3.8) is 0 Å². The molecule has 1 fully saturated rings. The number of carbonyl (C=O) groups is 1. The number of pyridine rings is 1. The van der Waals surface area contributed by atoms with Crippen molar-refractivity contribution in [1.29, 1.82) is 5.26 Å². The molecule has 1 N–H and O–H groups in total. The van der Waals surface area contributed by atoms with Crippen LogP contribution in [0.15, 0.2) is 42.6 Å². The predicted octanol–water partition coefficient (Wildman–Crippen LogP) is 2.29. The highest BCUT2D eigenvalue weighted by molar-refractivity contribution is 5.70. The molecule has 1 aromatic heterocycles. The van der Waals surface area contributed by atoms with Crippen LogP contribution in [0.1, 0.15) is 6.42 Å². The number of hydrogen-bond acceptors (Lipinski definition) is 6. The van der Waals surface area contributed by atoms with E-state index in [0.717, 1.165) is 17.4 Å². The summed E-state index contributed by atoms with van der Waals surface area (Å²) >= 11 is 0. The number of rotatable bonds is 5. The Bertz CT molecular complexity index is 772. The van der Waals surface area contributed by atoms with Crippen LogP contribution < -0.4 is 10.1 Å². The quantitative estimate of drug-likeness (QED) is 0.672. The third-order valence-electron chi connectivity index (χ3n) is 4.15. The van der Waals surface area contributed by atoms with Crippen molar-refractivity contribution in [2.75, 3.05) is 25.5 Å². The largest absolute Gasteiger partial charge is 0.460 e. The van der Waals surface area contributed by atoms with Gasteiger partial charge in [0.05, 0.1) is 12.2 Å². The molecule has 1 saturated heterocycles. The van der Waals surface area contributed by atoms with Crippen LogP contribution in [0.4, 0.5) is 5.69 Å². The number of ether oxygens (including phenoxy) is 1. The monoisotopic (exact) mass is 322 g/mol. The maximum absolute atomic E-state index is 11.6. The van der Waals surface area contributed by atoms with Gasteiger partial charge in [0.2, 0.25) is 5.88 Å². The average molecular weight is 322 g/mol. The SMILES string of the molecule is CNc1cc(-c2ccccc2)cnc1O[C@@]1(C=O)CCN(C#N)C1. The first kappa shape index (κ1) is 15.8. The smallest absolute Gasteiger partial charge is 0.238 e. The second kappa shape index (κ2) is 6.59. The lowest BCUT2D eigenvalue weighted by Crippen LogP contribution is -2.40. The van der Waals surface area contributed by atoms with E-state index in [4.69, 9.17) is 10.00 Å². The van der Waals surface area contributed by atoms with Crippen molar-refractivity contribution in [2.24, 2.45) is 0 Å². The Kier molecular flexibility index (Phi) is 4.34. The fourth-order valence-electron chi connectivity index (χ4n) is 2.79. The molecule has 0 radical (unpaired) electrons. The highest BCUT2D eigenvalue weighted by atomic mass is 16.5. The molecular weight excluding hydrogens is 304 g/mol. The number of anilines is 1. The summed E-state index contributed by atoms with van der Waals surface area (Å²) in [7, 11) is 1.78. The number of nitrogens with zero attached hydrogens (tertiary/aromatic N) is 3. The van der Waals surface area contributed by atoms with E-state index < -0.39 is 5.60 Å². The van der Waals surface area contributed by atoms with Crippen LogP contribution in [-0.4, -0.2) is 41.9 Å². The fourth-order valence-corrected chi connectivity index (χ4v) is 2.79. The number of aromatic nitrogens is 1. The first-order chi connectivity index (χ1) is 11.7. The van der Waals surface area contributed by atoms with E-state index >= 15 is 0 Å². The van der Waals surface area contributed by atoms with Crippen LogP contribution in [-0.2, 0) is 4.79 Å². The van der Waals surface area contributed by atoms with Gasteiger partial charge in [-0.25, -0.2) is 4.98 Å². The molecule has 0 aliphatic carbocycles. The molecule has 122 valence electrons. The lowest BCUT2D eigenvalue weighted by Gasteiger charge is -2.24. The minimum absolute atomic E-state index is 0.248. The van der Waals surface area contributed by atoms with Crippen LogP contribution >= 0.6 is 0 Å². The van der Waals surface area contributed by atoms with Crippen LogP contribution in [0.3, 0.4) is 0 Å². The summed E-state index contributed by atoms with van der Waals surface area (Å²) in [4.78, 5) is 17.5. The lowest BCUT2D eigenvalue weighted by molar-refractivity contribution is -0.120. The maximum atomic E-state index is 11.6. The number of benzene rings is 1. The van der Waals surface area contributed by atoms with Gasteiger partial charge in [-0.1, -0.05) is 30.3 Å². The molecule has 2 heterocycles. The van der Waals surface area contributed by atoms with Gasteiger partial charge in [0.25, 0.3) is 0 Å². The highest BCUT2D eigenvalue weighted by Crippen LogP contribution is 2.32. The normalized spacial score (nSPS) is 19.6. The molecule has 0 unspecified atom stereocenters. The van der Waals surface area contributed by atoms with Gasteiger partial charge in [0.15, 0.2) is 18.1 Å². The minimum atomic E-state index is -1.03. The van der Waals surface area contributed by atoms with Gasteiger partial charge in [-0.3, -0.25) is 4.79 Å². The van der Waals surface area contributed by atoms with Crippen molar-refractivity contribution in [3.05, 3.63) is 42.6 Å². The van der Waals surface area contributed by atoms with E-state index in [-0.39, 0.29) is 6.54 Å². The summed E-state index contributed by atoms with van der Waals surface area (Å²) in [6.45, 7) is 0.754. The van der Waals surface area contributed by atoms with Gasteiger partial charge in [0.1, 0.15) is 0 Å². The number of aldehydes is 1. The van der Waals surface area contributed by atoms with E-state index in [1.54, 1.807) is 13.2 Å². The topological polar surface area (TPSA) is 78.2 Å². The number of nitrogens with one attached hydrogen (secondary N) is 1. The fraction of sp³-hybridized carbons (Fsp3) is 0.278.